The van der Waals surface area contributed by atoms with Gasteiger partial charge in [0.2, 0.25) is 5.91 Å². The topological polar surface area (TPSA) is 84.9 Å². The Labute approximate surface area is 190 Å². The van der Waals surface area contributed by atoms with E-state index in [1.54, 1.807) is 25.7 Å². The number of hydrogen-bond acceptors (Lipinski definition) is 5. The molecular formula is C25H36N2O5. The monoisotopic (exact) mass is 444 g/mol. The Morgan fingerprint density at radius 2 is 1.75 bits per heavy atom. The molecule has 0 radical (unpaired) electrons. The molecule has 1 aliphatic carbocycles. The van der Waals surface area contributed by atoms with Gasteiger partial charge in [0, 0.05) is 12.6 Å². The molecule has 2 amide bonds. The Morgan fingerprint density at radius 1 is 1.09 bits per heavy atom. The molecule has 1 fully saturated rings. The third-order valence-corrected chi connectivity index (χ3v) is 6.33. The smallest absolute Gasteiger partial charge is 0.408 e. The number of alkyl carbamates (subject to hydrolysis) is 1. The largest absolute Gasteiger partial charge is 0.469 e. The van der Waals surface area contributed by atoms with Crippen LogP contribution in [0.2, 0.25) is 0 Å². The quantitative estimate of drug-likeness (QED) is 0.695. The molecule has 0 bridgehead atoms. The average Bonchev–Trinajstić information content (AvgIpc) is 2.76. The molecule has 0 spiro atoms. The summed E-state index contributed by atoms with van der Waals surface area (Å²) in [6.45, 7) is 5.82. The Morgan fingerprint density at radius 3 is 2.38 bits per heavy atom. The van der Waals surface area contributed by atoms with Gasteiger partial charge in [-0.3, -0.25) is 9.59 Å². The zero-order valence-corrected chi connectivity index (χ0v) is 19.7. The summed E-state index contributed by atoms with van der Waals surface area (Å²) in [7, 11) is 1.36. The maximum atomic E-state index is 13.9. The van der Waals surface area contributed by atoms with Gasteiger partial charge in [-0.25, -0.2) is 4.79 Å². The standard InChI is InChI=1S/C25H36N2O5/c1-25(2,3)32-24(30)26-22(17-10-6-5-7-11-17)23(29)27-16-19-13-9-8-12-18(19)14-20(27)15-21(28)31-4/h8-9,12-13,17,20,22H,5-7,10-11,14-16H2,1-4H3,(H,26,30)/t20-,22+/m1/s1. The molecule has 2 aliphatic rings. The first kappa shape index (κ1) is 24.1. The van der Waals surface area contributed by atoms with Gasteiger partial charge in [-0.15, -0.1) is 0 Å². The van der Waals surface area contributed by atoms with E-state index in [0.29, 0.717) is 13.0 Å². The summed E-state index contributed by atoms with van der Waals surface area (Å²) in [6.07, 6.45) is 5.13. The molecule has 7 heteroatoms. The number of benzene rings is 1. The van der Waals surface area contributed by atoms with E-state index in [1.165, 1.54) is 7.11 Å². The second-order valence-electron chi connectivity index (χ2n) is 9.90. The van der Waals surface area contributed by atoms with Gasteiger partial charge in [0.15, 0.2) is 0 Å². The van der Waals surface area contributed by atoms with Crippen LogP contribution < -0.4 is 5.32 Å². The minimum absolute atomic E-state index is 0.0553. The number of esters is 1. The fraction of sp³-hybridized carbons (Fsp3) is 0.640. The van der Waals surface area contributed by atoms with E-state index >= 15 is 0 Å². The molecule has 3 rings (SSSR count). The molecular weight excluding hydrogens is 408 g/mol. The predicted molar refractivity (Wildman–Crippen MR) is 121 cm³/mol. The summed E-state index contributed by atoms with van der Waals surface area (Å²) in [5.41, 5.74) is 1.56. The molecule has 1 N–H and O–H groups in total. The van der Waals surface area contributed by atoms with Crippen molar-refractivity contribution in [3.8, 4) is 0 Å². The molecule has 176 valence electrons. The fourth-order valence-corrected chi connectivity index (χ4v) is 4.77. The highest BCUT2D eigenvalue weighted by Crippen LogP contribution is 2.31. The summed E-state index contributed by atoms with van der Waals surface area (Å²) in [5.74, 6) is -0.438. The van der Waals surface area contributed by atoms with Crippen molar-refractivity contribution in [1.29, 1.82) is 0 Å². The summed E-state index contributed by atoms with van der Waals surface area (Å²) >= 11 is 0. The molecule has 1 heterocycles. The van der Waals surface area contributed by atoms with Gasteiger partial charge in [0.05, 0.1) is 13.5 Å². The van der Waals surface area contributed by atoms with Gasteiger partial charge in [-0.2, -0.15) is 0 Å². The lowest BCUT2D eigenvalue weighted by molar-refractivity contribution is -0.145. The molecule has 0 aromatic heterocycles. The highest BCUT2D eigenvalue weighted by atomic mass is 16.6. The first-order valence-corrected chi connectivity index (χ1v) is 11.6. The lowest BCUT2D eigenvalue weighted by Gasteiger charge is -2.40. The summed E-state index contributed by atoms with van der Waals surface area (Å²) in [4.78, 5) is 40.4. The Bertz CT molecular complexity index is 826. The number of nitrogens with one attached hydrogen (secondary N) is 1. The number of amides is 2. The maximum absolute atomic E-state index is 13.9. The molecule has 7 nitrogen and oxygen atoms in total. The highest BCUT2D eigenvalue weighted by Gasteiger charge is 2.39. The van der Waals surface area contributed by atoms with E-state index < -0.39 is 17.7 Å². The van der Waals surface area contributed by atoms with Crippen molar-refractivity contribution in [2.24, 2.45) is 5.92 Å². The van der Waals surface area contributed by atoms with E-state index in [-0.39, 0.29) is 30.3 Å². The van der Waals surface area contributed by atoms with Crippen molar-refractivity contribution in [2.45, 2.75) is 89.9 Å². The molecule has 32 heavy (non-hydrogen) atoms. The van der Waals surface area contributed by atoms with Crippen LogP contribution in [0.15, 0.2) is 24.3 Å². The van der Waals surface area contributed by atoms with Gasteiger partial charge in [0.1, 0.15) is 11.6 Å². The second kappa shape index (κ2) is 10.4. The van der Waals surface area contributed by atoms with Crippen molar-refractivity contribution >= 4 is 18.0 Å². The number of carbonyl (C=O) groups is 3. The van der Waals surface area contributed by atoms with Gasteiger partial charge < -0.3 is 19.7 Å². The van der Waals surface area contributed by atoms with E-state index in [0.717, 1.165) is 43.2 Å². The minimum atomic E-state index is -0.671. The highest BCUT2D eigenvalue weighted by molar-refractivity contribution is 5.87. The Kier molecular flexibility index (Phi) is 7.80. The van der Waals surface area contributed by atoms with Crippen LogP contribution in [-0.2, 0) is 32.0 Å². The molecule has 1 aromatic rings. The van der Waals surface area contributed by atoms with Crippen LogP contribution in [0, 0.1) is 5.92 Å². The van der Waals surface area contributed by atoms with Crippen LogP contribution in [0.5, 0.6) is 0 Å². The van der Waals surface area contributed by atoms with Gasteiger partial charge in [-0.1, -0.05) is 43.5 Å². The molecule has 1 aromatic carbocycles. The zero-order chi connectivity index (χ0) is 23.3. The van der Waals surface area contributed by atoms with E-state index in [4.69, 9.17) is 9.47 Å². The number of carbonyl (C=O) groups excluding carboxylic acids is 3. The van der Waals surface area contributed by atoms with Gasteiger partial charge in [-0.05, 0) is 57.1 Å². The third kappa shape index (κ3) is 6.24. The minimum Gasteiger partial charge on any atom is -0.469 e. The first-order chi connectivity index (χ1) is 15.2. The van der Waals surface area contributed by atoms with Crippen LogP contribution in [-0.4, -0.2) is 47.7 Å². The van der Waals surface area contributed by atoms with E-state index in [2.05, 4.69) is 5.32 Å². The van der Waals surface area contributed by atoms with Gasteiger partial charge >= 0.3 is 12.1 Å². The van der Waals surface area contributed by atoms with E-state index in [1.807, 2.05) is 24.3 Å². The SMILES string of the molecule is COC(=O)C[C@H]1Cc2ccccc2CN1C(=O)[C@@H](NC(=O)OC(C)(C)C)C1CCCCC1. The lowest BCUT2D eigenvalue weighted by atomic mass is 9.82. The molecule has 2 atom stereocenters. The zero-order valence-electron chi connectivity index (χ0n) is 19.7. The van der Waals surface area contributed by atoms with Crippen LogP contribution >= 0.6 is 0 Å². The summed E-state index contributed by atoms with van der Waals surface area (Å²) in [5, 5.41) is 2.88. The lowest BCUT2D eigenvalue weighted by Crippen LogP contribution is -2.57. The Balaban J connectivity index is 1.87. The van der Waals surface area contributed by atoms with Crippen molar-refractivity contribution in [3.63, 3.8) is 0 Å². The van der Waals surface area contributed by atoms with Crippen molar-refractivity contribution in [2.75, 3.05) is 7.11 Å². The van der Waals surface area contributed by atoms with E-state index in [9.17, 15) is 14.4 Å². The predicted octanol–water partition coefficient (Wildman–Crippen LogP) is 3.98. The fourth-order valence-electron chi connectivity index (χ4n) is 4.77. The molecule has 0 unspecified atom stereocenters. The molecule has 1 aliphatic heterocycles. The third-order valence-electron chi connectivity index (χ3n) is 6.33. The first-order valence-electron chi connectivity index (χ1n) is 11.6. The van der Waals surface area contributed by atoms with Gasteiger partial charge in [0.25, 0.3) is 0 Å². The number of ether oxygens (including phenoxy) is 2. The van der Waals surface area contributed by atoms with Crippen LogP contribution in [0.4, 0.5) is 4.79 Å². The molecule has 1 saturated carbocycles. The number of methoxy groups -OCH3 is 1. The number of fused-ring (bicyclic) bond motifs is 1. The Hall–Kier alpha value is -2.57. The average molecular weight is 445 g/mol. The summed E-state index contributed by atoms with van der Waals surface area (Å²) < 4.78 is 10.4. The van der Waals surface area contributed by atoms with Crippen molar-refractivity contribution in [1.82, 2.24) is 10.2 Å². The maximum Gasteiger partial charge on any atom is 0.408 e. The number of nitrogens with zero attached hydrogens (tertiary/aromatic N) is 1. The van der Waals surface area contributed by atoms with Crippen molar-refractivity contribution < 1.29 is 23.9 Å². The van der Waals surface area contributed by atoms with Crippen LogP contribution in [0.25, 0.3) is 0 Å². The van der Waals surface area contributed by atoms with Crippen molar-refractivity contribution in [3.05, 3.63) is 35.4 Å². The second-order valence-corrected chi connectivity index (χ2v) is 9.90. The van der Waals surface area contributed by atoms with Crippen LogP contribution in [0.3, 0.4) is 0 Å². The summed E-state index contributed by atoms with van der Waals surface area (Å²) in [6, 6.07) is 7.01. The van der Waals surface area contributed by atoms with Crippen LogP contribution in [0.1, 0.15) is 70.4 Å². The normalized spacial score (nSPS) is 20.1. The number of hydrogen-bond donors (Lipinski definition) is 1. The number of rotatable bonds is 5. The molecule has 0 saturated heterocycles.